The first-order valence-corrected chi connectivity index (χ1v) is 10.1. The van der Waals surface area contributed by atoms with Gasteiger partial charge in [-0.3, -0.25) is 5.84 Å². The zero-order valence-corrected chi connectivity index (χ0v) is 16.2. The van der Waals surface area contributed by atoms with Gasteiger partial charge in [-0.15, -0.1) is 0 Å². The van der Waals surface area contributed by atoms with E-state index in [1.165, 1.54) is 17.5 Å². The molecule has 3 aromatic rings. The number of hydrogen-bond donors (Lipinski definition) is 2. The van der Waals surface area contributed by atoms with Crippen molar-refractivity contribution in [3.05, 3.63) is 82.9 Å². The van der Waals surface area contributed by atoms with Crippen molar-refractivity contribution in [3.63, 3.8) is 0 Å². The van der Waals surface area contributed by atoms with Crippen LogP contribution in [-0.2, 0) is 21.1 Å². The lowest BCUT2D eigenvalue weighted by Crippen LogP contribution is -2.56. The second-order valence-corrected chi connectivity index (χ2v) is 8.07. The Morgan fingerprint density at radius 1 is 0.786 bits per heavy atom. The molecule has 4 heteroatoms. The summed E-state index contributed by atoms with van der Waals surface area (Å²) in [5.74, 6) is 6.19. The topological polar surface area (TPSA) is 56.5 Å². The molecule has 1 unspecified atom stereocenters. The van der Waals surface area contributed by atoms with Crippen LogP contribution in [-0.4, -0.2) is 0 Å². The van der Waals surface area contributed by atoms with Crippen molar-refractivity contribution in [2.24, 2.45) is 5.84 Å². The average molecular weight is 374 g/mol. The first kappa shape index (κ1) is 17.8. The van der Waals surface area contributed by atoms with Crippen LogP contribution in [0.4, 0.5) is 0 Å². The zero-order chi connectivity index (χ0) is 19.2. The van der Waals surface area contributed by atoms with E-state index >= 15 is 0 Å². The summed E-state index contributed by atoms with van der Waals surface area (Å²) >= 11 is 0. The number of nitrogens with two attached hydrogens (primary N) is 1. The highest BCUT2D eigenvalue weighted by Gasteiger charge is 2.51. The van der Waals surface area contributed by atoms with Gasteiger partial charge in [0.1, 0.15) is 5.60 Å². The van der Waals surface area contributed by atoms with Crippen molar-refractivity contribution >= 4 is 10.8 Å². The van der Waals surface area contributed by atoms with Crippen LogP contribution in [0.3, 0.4) is 0 Å². The van der Waals surface area contributed by atoms with Gasteiger partial charge >= 0.3 is 0 Å². The van der Waals surface area contributed by atoms with Crippen LogP contribution < -0.4 is 11.3 Å². The Hall–Kier alpha value is -2.24. The summed E-state index contributed by atoms with van der Waals surface area (Å²) in [6, 6.07) is 21.0. The summed E-state index contributed by atoms with van der Waals surface area (Å²) in [6.45, 7) is 2.12. The Bertz CT molecular complexity index is 1020. The van der Waals surface area contributed by atoms with Crippen LogP contribution in [0, 0.1) is 6.92 Å². The van der Waals surface area contributed by atoms with Crippen molar-refractivity contribution < 1.29 is 9.78 Å². The molecule has 1 atom stereocenters. The predicted octanol–water partition coefficient (Wildman–Crippen LogP) is 4.93. The van der Waals surface area contributed by atoms with Gasteiger partial charge in [-0.05, 0) is 41.7 Å². The quantitative estimate of drug-likeness (QED) is 0.379. The van der Waals surface area contributed by atoms with E-state index in [1.54, 1.807) is 0 Å². The molecule has 2 aliphatic rings. The molecule has 144 valence electrons. The molecule has 5 rings (SSSR count). The molecule has 1 spiro atoms. The maximum Gasteiger partial charge on any atom is 0.218 e. The van der Waals surface area contributed by atoms with Gasteiger partial charge in [0, 0.05) is 11.1 Å². The van der Waals surface area contributed by atoms with E-state index in [4.69, 9.17) is 15.6 Å². The van der Waals surface area contributed by atoms with Gasteiger partial charge in [0.15, 0.2) is 0 Å². The summed E-state index contributed by atoms with van der Waals surface area (Å²) in [4.78, 5) is 12.5. The standard InChI is InChI=1S/C24H26N2O2/c1-17-9-7-10-18-11-8-14-21(22(17)18)24(26-25)20-13-4-3-12-19(20)23(27-28-24)15-5-2-6-16-23/h3-4,7-14,26H,2,5-6,15-16,25H2,1H3. The highest BCUT2D eigenvalue weighted by molar-refractivity contribution is 5.90. The molecular formula is C24H26N2O2. The summed E-state index contributed by atoms with van der Waals surface area (Å²) in [5.41, 5.74) is 5.94. The van der Waals surface area contributed by atoms with Crippen LogP contribution in [0.25, 0.3) is 10.8 Å². The fourth-order valence-electron chi connectivity index (χ4n) is 5.09. The van der Waals surface area contributed by atoms with Crippen molar-refractivity contribution in [1.82, 2.24) is 5.43 Å². The molecule has 0 amide bonds. The van der Waals surface area contributed by atoms with Gasteiger partial charge in [0.2, 0.25) is 5.72 Å². The van der Waals surface area contributed by atoms with E-state index in [-0.39, 0.29) is 5.60 Å². The number of fused-ring (bicyclic) bond motifs is 3. The second-order valence-electron chi connectivity index (χ2n) is 8.07. The third-order valence-corrected chi connectivity index (χ3v) is 6.48. The average Bonchev–Trinajstić information content (AvgIpc) is 2.75. The highest BCUT2D eigenvalue weighted by Crippen LogP contribution is 2.51. The molecule has 1 heterocycles. The molecule has 1 saturated carbocycles. The van der Waals surface area contributed by atoms with Gasteiger partial charge in [-0.25, -0.2) is 15.2 Å². The fourth-order valence-corrected chi connectivity index (χ4v) is 5.09. The number of hydrazine groups is 1. The second kappa shape index (κ2) is 6.68. The van der Waals surface area contributed by atoms with Crippen molar-refractivity contribution in [2.75, 3.05) is 0 Å². The van der Waals surface area contributed by atoms with Crippen molar-refractivity contribution in [1.29, 1.82) is 0 Å². The predicted molar refractivity (Wildman–Crippen MR) is 110 cm³/mol. The van der Waals surface area contributed by atoms with E-state index < -0.39 is 5.72 Å². The van der Waals surface area contributed by atoms with Gasteiger partial charge < -0.3 is 0 Å². The Morgan fingerprint density at radius 3 is 2.21 bits per heavy atom. The van der Waals surface area contributed by atoms with Crippen LogP contribution >= 0.6 is 0 Å². The molecule has 0 aromatic heterocycles. The minimum atomic E-state index is -1.05. The van der Waals surface area contributed by atoms with Gasteiger partial charge in [0.05, 0.1) is 0 Å². The van der Waals surface area contributed by atoms with E-state index in [0.29, 0.717) is 0 Å². The largest absolute Gasteiger partial charge is 0.268 e. The molecular weight excluding hydrogens is 348 g/mol. The normalized spacial score (nSPS) is 23.6. The molecule has 1 fully saturated rings. The lowest BCUT2D eigenvalue weighted by molar-refractivity contribution is -0.437. The summed E-state index contributed by atoms with van der Waals surface area (Å²) < 4.78 is 0. The lowest BCUT2D eigenvalue weighted by Gasteiger charge is -2.47. The Kier molecular flexibility index (Phi) is 4.25. The summed E-state index contributed by atoms with van der Waals surface area (Å²) in [6.07, 6.45) is 5.48. The molecule has 1 aliphatic carbocycles. The van der Waals surface area contributed by atoms with E-state index in [9.17, 15) is 0 Å². The Labute approximate surface area is 165 Å². The molecule has 0 radical (unpaired) electrons. The molecule has 0 saturated heterocycles. The Morgan fingerprint density at radius 2 is 1.46 bits per heavy atom. The third-order valence-electron chi connectivity index (χ3n) is 6.48. The molecule has 3 aromatic carbocycles. The fraction of sp³-hybridized carbons (Fsp3) is 0.333. The van der Waals surface area contributed by atoms with Crippen molar-refractivity contribution in [3.8, 4) is 0 Å². The lowest BCUT2D eigenvalue weighted by atomic mass is 9.74. The molecule has 0 bridgehead atoms. The van der Waals surface area contributed by atoms with Crippen LogP contribution in [0.2, 0.25) is 0 Å². The smallest absolute Gasteiger partial charge is 0.218 e. The minimum absolute atomic E-state index is 0.380. The van der Waals surface area contributed by atoms with Crippen LogP contribution in [0.1, 0.15) is 54.4 Å². The van der Waals surface area contributed by atoms with Crippen molar-refractivity contribution in [2.45, 2.75) is 50.4 Å². The van der Waals surface area contributed by atoms with Gasteiger partial charge in [-0.2, -0.15) is 0 Å². The van der Waals surface area contributed by atoms with E-state index in [2.05, 4.69) is 60.9 Å². The van der Waals surface area contributed by atoms with Crippen LogP contribution in [0.5, 0.6) is 0 Å². The summed E-state index contributed by atoms with van der Waals surface area (Å²) in [7, 11) is 0. The number of nitrogens with one attached hydrogen (secondary N) is 1. The first-order valence-electron chi connectivity index (χ1n) is 10.1. The van der Waals surface area contributed by atoms with Crippen LogP contribution in [0.15, 0.2) is 60.7 Å². The summed E-state index contributed by atoms with van der Waals surface area (Å²) in [5, 5.41) is 2.30. The Balaban J connectivity index is 1.78. The number of rotatable bonds is 2. The zero-order valence-electron chi connectivity index (χ0n) is 16.2. The number of aryl methyl sites for hydroxylation is 1. The molecule has 28 heavy (non-hydrogen) atoms. The van der Waals surface area contributed by atoms with E-state index in [1.807, 2.05) is 12.1 Å². The minimum Gasteiger partial charge on any atom is -0.268 e. The number of benzene rings is 3. The number of hydrogen-bond acceptors (Lipinski definition) is 4. The monoisotopic (exact) mass is 374 g/mol. The van der Waals surface area contributed by atoms with Gasteiger partial charge in [-0.1, -0.05) is 79.9 Å². The maximum atomic E-state index is 6.25. The third kappa shape index (κ3) is 2.46. The molecule has 1 aliphatic heterocycles. The molecule has 4 nitrogen and oxygen atoms in total. The first-order chi connectivity index (χ1) is 13.7. The highest BCUT2D eigenvalue weighted by atomic mass is 17.2. The molecule has 3 N–H and O–H groups in total. The maximum absolute atomic E-state index is 6.25. The van der Waals surface area contributed by atoms with E-state index in [0.717, 1.165) is 47.6 Å². The van der Waals surface area contributed by atoms with Gasteiger partial charge in [0.25, 0.3) is 0 Å². The SMILES string of the molecule is Cc1cccc2cccc(C3(NN)OOC4(CCCCC4)c4ccccc43)c12.